The van der Waals surface area contributed by atoms with Gasteiger partial charge in [0, 0.05) is 31.6 Å². The molecule has 0 radical (unpaired) electrons. The Balaban J connectivity index is 1.54. The Morgan fingerprint density at radius 3 is 2.54 bits per heavy atom. The average molecular weight is 376 g/mol. The smallest absolute Gasteiger partial charge is 0.303 e. The lowest BCUT2D eigenvalue weighted by atomic mass is 9.79. The van der Waals surface area contributed by atoms with Crippen molar-refractivity contribution in [1.29, 1.82) is 0 Å². The molecule has 7 heteroatoms. The summed E-state index contributed by atoms with van der Waals surface area (Å²) in [7, 11) is 0. The maximum absolute atomic E-state index is 13.9. The van der Waals surface area contributed by atoms with Crippen LogP contribution in [0.5, 0.6) is 0 Å². The molecule has 2 aliphatic rings. The van der Waals surface area contributed by atoms with Gasteiger partial charge in [0.2, 0.25) is 0 Å². The van der Waals surface area contributed by atoms with Gasteiger partial charge in [-0.15, -0.1) is 0 Å². The van der Waals surface area contributed by atoms with E-state index >= 15 is 0 Å². The van der Waals surface area contributed by atoms with E-state index in [-0.39, 0.29) is 11.8 Å². The summed E-state index contributed by atoms with van der Waals surface area (Å²) in [6, 6.07) is 4.25. The van der Waals surface area contributed by atoms with Gasteiger partial charge in [-0.2, -0.15) is 13.2 Å². The molecular formula is C19H25F5N2. The third-order valence-electron chi connectivity index (χ3n) is 5.62. The predicted molar refractivity (Wildman–Crippen MR) is 89.6 cm³/mol. The predicted octanol–water partition coefficient (Wildman–Crippen LogP) is 4.60. The minimum Gasteiger partial charge on any atom is -0.303 e. The number of alkyl halides is 3. The maximum atomic E-state index is 13.9. The summed E-state index contributed by atoms with van der Waals surface area (Å²) in [6.07, 6.45) is -1.70. The fraction of sp³-hybridized carbons (Fsp3) is 0.684. The molecular weight excluding hydrogens is 351 g/mol. The quantitative estimate of drug-likeness (QED) is 0.694. The summed E-state index contributed by atoms with van der Waals surface area (Å²) in [4.78, 5) is 4.28. The minimum atomic E-state index is -4.09. The largest absolute Gasteiger partial charge is 0.389 e. The second kappa shape index (κ2) is 7.80. The normalized spacial score (nSPS) is 25.3. The molecule has 0 N–H and O–H groups in total. The van der Waals surface area contributed by atoms with Crippen LogP contribution in [-0.2, 0) is 6.54 Å². The van der Waals surface area contributed by atoms with Crippen molar-refractivity contribution in [2.45, 2.75) is 44.8 Å². The van der Waals surface area contributed by atoms with Gasteiger partial charge in [-0.1, -0.05) is 12.1 Å². The Morgan fingerprint density at radius 1 is 1.00 bits per heavy atom. The van der Waals surface area contributed by atoms with Gasteiger partial charge >= 0.3 is 6.18 Å². The molecule has 0 saturated carbocycles. The SMILES string of the molecule is Fc1cccc(CN2CCCC3(CCN(CCCC(F)(F)F)C3)C2)c1F. The molecule has 1 spiro atoms. The third-order valence-corrected chi connectivity index (χ3v) is 5.62. The molecule has 0 bridgehead atoms. The van der Waals surface area contributed by atoms with E-state index < -0.39 is 24.2 Å². The topological polar surface area (TPSA) is 6.48 Å². The molecule has 0 aliphatic carbocycles. The van der Waals surface area contributed by atoms with Crippen molar-refractivity contribution in [2.75, 3.05) is 32.7 Å². The zero-order chi connectivity index (χ0) is 18.8. The molecule has 1 aromatic carbocycles. The van der Waals surface area contributed by atoms with Crippen LogP contribution in [0.3, 0.4) is 0 Å². The second-order valence-electron chi connectivity index (χ2n) is 7.77. The van der Waals surface area contributed by atoms with Crippen LogP contribution in [0.4, 0.5) is 22.0 Å². The zero-order valence-electron chi connectivity index (χ0n) is 14.8. The van der Waals surface area contributed by atoms with E-state index in [1.54, 1.807) is 6.07 Å². The molecule has 1 aromatic rings. The first-order valence-electron chi connectivity index (χ1n) is 9.21. The zero-order valence-corrected chi connectivity index (χ0v) is 14.8. The maximum Gasteiger partial charge on any atom is 0.389 e. The van der Waals surface area contributed by atoms with Crippen molar-refractivity contribution < 1.29 is 22.0 Å². The lowest BCUT2D eigenvalue weighted by molar-refractivity contribution is -0.136. The summed E-state index contributed by atoms with van der Waals surface area (Å²) < 4.78 is 64.3. The Kier molecular flexibility index (Phi) is 5.87. The molecule has 3 rings (SSSR count). The van der Waals surface area contributed by atoms with Gasteiger partial charge in [0.1, 0.15) is 0 Å². The molecule has 2 nitrogen and oxygen atoms in total. The van der Waals surface area contributed by atoms with Gasteiger partial charge in [0.15, 0.2) is 11.6 Å². The second-order valence-corrected chi connectivity index (χ2v) is 7.77. The van der Waals surface area contributed by atoms with Crippen LogP contribution >= 0.6 is 0 Å². The minimum absolute atomic E-state index is 0.0697. The molecule has 1 atom stereocenters. The van der Waals surface area contributed by atoms with E-state index in [2.05, 4.69) is 9.80 Å². The lowest BCUT2D eigenvalue weighted by Gasteiger charge is -2.40. The molecule has 2 fully saturated rings. The Morgan fingerprint density at radius 2 is 1.77 bits per heavy atom. The molecule has 0 aromatic heterocycles. The van der Waals surface area contributed by atoms with E-state index in [1.807, 2.05) is 0 Å². The van der Waals surface area contributed by atoms with Crippen LogP contribution in [-0.4, -0.2) is 48.7 Å². The molecule has 0 amide bonds. The van der Waals surface area contributed by atoms with Gasteiger partial charge < -0.3 is 4.90 Å². The highest BCUT2D eigenvalue weighted by Gasteiger charge is 2.41. The molecule has 26 heavy (non-hydrogen) atoms. The van der Waals surface area contributed by atoms with E-state index in [0.717, 1.165) is 51.5 Å². The molecule has 2 aliphatic heterocycles. The van der Waals surface area contributed by atoms with Crippen LogP contribution in [0.2, 0.25) is 0 Å². The molecule has 1 unspecified atom stereocenters. The van der Waals surface area contributed by atoms with Crippen molar-refractivity contribution in [3.8, 4) is 0 Å². The van der Waals surface area contributed by atoms with E-state index in [4.69, 9.17) is 0 Å². The highest BCUT2D eigenvalue weighted by atomic mass is 19.4. The summed E-state index contributed by atoms with van der Waals surface area (Å²) in [6.45, 7) is 4.09. The number of nitrogens with zero attached hydrogens (tertiary/aromatic N) is 2. The fourth-order valence-corrected chi connectivity index (χ4v) is 4.41. The summed E-state index contributed by atoms with van der Waals surface area (Å²) in [5.74, 6) is -1.61. The Hall–Kier alpha value is -1.21. The number of halogens is 5. The fourth-order valence-electron chi connectivity index (χ4n) is 4.41. The number of hydrogen-bond acceptors (Lipinski definition) is 2. The van der Waals surface area contributed by atoms with Gasteiger partial charge in [-0.25, -0.2) is 8.78 Å². The van der Waals surface area contributed by atoms with Crippen LogP contribution in [0.1, 0.15) is 37.7 Å². The number of hydrogen-bond donors (Lipinski definition) is 0. The number of rotatable bonds is 5. The van der Waals surface area contributed by atoms with Crippen LogP contribution in [0.25, 0.3) is 0 Å². The van der Waals surface area contributed by atoms with Crippen LogP contribution < -0.4 is 0 Å². The van der Waals surface area contributed by atoms with Gasteiger partial charge in [-0.05, 0) is 56.8 Å². The summed E-state index contributed by atoms with van der Waals surface area (Å²) in [5.41, 5.74) is 0.433. The Bertz CT molecular complexity index is 618. The summed E-state index contributed by atoms with van der Waals surface area (Å²) in [5, 5.41) is 0. The number of benzene rings is 1. The number of piperidine rings is 1. The van der Waals surface area contributed by atoms with Crippen molar-refractivity contribution in [2.24, 2.45) is 5.41 Å². The van der Waals surface area contributed by atoms with Crippen LogP contribution in [0, 0.1) is 17.0 Å². The first-order valence-corrected chi connectivity index (χ1v) is 9.21. The summed E-state index contributed by atoms with van der Waals surface area (Å²) >= 11 is 0. The average Bonchev–Trinajstić information content (AvgIpc) is 2.93. The molecule has 2 heterocycles. The third kappa shape index (κ3) is 4.94. The molecule has 146 valence electrons. The van der Waals surface area contributed by atoms with Gasteiger partial charge in [-0.3, -0.25) is 4.90 Å². The van der Waals surface area contributed by atoms with Crippen molar-refractivity contribution >= 4 is 0 Å². The highest BCUT2D eigenvalue weighted by Crippen LogP contribution is 2.39. The van der Waals surface area contributed by atoms with Gasteiger partial charge in [0.25, 0.3) is 0 Å². The van der Waals surface area contributed by atoms with E-state index in [0.29, 0.717) is 18.7 Å². The van der Waals surface area contributed by atoms with Crippen molar-refractivity contribution in [1.82, 2.24) is 9.80 Å². The van der Waals surface area contributed by atoms with Crippen molar-refractivity contribution in [3.63, 3.8) is 0 Å². The monoisotopic (exact) mass is 376 g/mol. The molecule has 2 saturated heterocycles. The first-order chi connectivity index (χ1) is 12.3. The highest BCUT2D eigenvalue weighted by molar-refractivity contribution is 5.19. The number of likely N-dealkylation sites (tertiary alicyclic amines) is 2. The van der Waals surface area contributed by atoms with Gasteiger partial charge in [0.05, 0.1) is 0 Å². The van der Waals surface area contributed by atoms with E-state index in [1.165, 1.54) is 6.07 Å². The van der Waals surface area contributed by atoms with Crippen molar-refractivity contribution in [3.05, 3.63) is 35.4 Å². The standard InChI is InChI=1S/C19H25F5N2/c20-16-5-1-4-15(17(16)21)12-26-10-2-6-18(14-26)8-11-25(13-18)9-3-7-19(22,23)24/h1,4-5H,2-3,6-14H2. The lowest BCUT2D eigenvalue weighted by Crippen LogP contribution is -2.44. The van der Waals surface area contributed by atoms with E-state index in [9.17, 15) is 22.0 Å². The van der Waals surface area contributed by atoms with Crippen LogP contribution in [0.15, 0.2) is 18.2 Å². The first kappa shape index (κ1) is 19.5. The Labute approximate surface area is 151 Å².